The van der Waals surface area contributed by atoms with Crippen molar-refractivity contribution in [2.45, 2.75) is 90.4 Å². The number of hydrogen-bond donors (Lipinski definition) is 4. The number of nitrogens with zero attached hydrogens (tertiary/aromatic N) is 4. The lowest BCUT2D eigenvalue weighted by Gasteiger charge is -2.34. The van der Waals surface area contributed by atoms with Gasteiger partial charge >= 0.3 is 6.03 Å². The minimum atomic E-state index is -0.783. The van der Waals surface area contributed by atoms with Crippen LogP contribution in [-0.4, -0.2) is 152 Å². The van der Waals surface area contributed by atoms with Gasteiger partial charge in [0.25, 0.3) is 6.47 Å². The maximum atomic E-state index is 13.7. The van der Waals surface area contributed by atoms with Crippen LogP contribution in [0, 0.1) is 12.8 Å². The van der Waals surface area contributed by atoms with E-state index in [2.05, 4.69) is 51.6 Å². The number of carbonyl (C=O) groups is 7. The number of hydrogen-bond acceptors (Lipinski definition) is 10. The van der Waals surface area contributed by atoms with Crippen molar-refractivity contribution in [1.29, 1.82) is 0 Å². The number of anilines is 1. The maximum absolute atomic E-state index is 13.7. The molecule has 0 aromatic heterocycles. The number of carbonyl (C=O) groups excluding carboxylic acids is 7. The van der Waals surface area contributed by atoms with Gasteiger partial charge in [-0.1, -0.05) is 61.0 Å². The number of para-hydroxylation sites is 1. The number of likely N-dealkylation sites (N-methyl/N-ethyl adjacent to an activating group) is 1. The number of rotatable bonds is 16. The second kappa shape index (κ2) is 26.6. The van der Waals surface area contributed by atoms with Crippen LogP contribution in [0.5, 0.6) is 0 Å². The van der Waals surface area contributed by atoms with E-state index in [1.807, 2.05) is 36.1 Å². The minimum absolute atomic E-state index is 0.00284. The van der Waals surface area contributed by atoms with E-state index >= 15 is 0 Å². The van der Waals surface area contributed by atoms with Gasteiger partial charge in [0.2, 0.25) is 29.5 Å². The molecular weight excluding hydrogens is 785 g/mol. The summed E-state index contributed by atoms with van der Waals surface area (Å²) in [6.45, 7) is 12.9. The summed E-state index contributed by atoms with van der Waals surface area (Å²) in [6.07, 6.45) is 3.24. The van der Waals surface area contributed by atoms with Crippen LogP contribution in [0.1, 0.15) is 64.9 Å². The molecule has 0 saturated carbocycles. The third kappa shape index (κ3) is 17.5. The molecule has 0 radical (unpaired) electrons. The fourth-order valence-corrected chi connectivity index (χ4v) is 7.51. The molecule has 2 aromatic rings. The summed E-state index contributed by atoms with van der Waals surface area (Å²) in [5, 5.41) is 7.73. The standard InChI is InChI=1S/C28H47N5O7.C9H11N3O2.C7H8/c1-20-17-21(2)33(18-20)27(37)22(3)29-26(36)23(7-5-10-31-12-15-39-16-13-31)30(4)28(38)24-8-6-11-32(24)25(35)9-14-40-19-34;10-8(13)6-11-9(14)12-7-4-2-1-3-5-7;1-7-5-3-2-4-6-7/h19-24H,5-18H2,1-4H3,(H,29,36);1-5H,6H2,(H2,10,13)(H2,11,12,14);2-6H,1H3. The summed E-state index contributed by atoms with van der Waals surface area (Å²) >= 11 is 0. The second-order valence-corrected chi connectivity index (χ2v) is 15.7. The van der Waals surface area contributed by atoms with Crippen molar-refractivity contribution < 1.29 is 43.0 Å². The Bertz CT molecular complexity index is 1700. The average Bonchev–Trinajstić information content (AvgIpc) is 3.88. The zero-order chi connectivity index (χ0) is 44.7. The Hall–Kier alpha value is -5.55. The van der Waals surface area contributed by atoms with Gasteiger partial charge in [-0.05, 0) is 77.5 Å². The zero-order valence-electron chi connectivity index (χ0n) is 36.4. The lowest BCUT2D eigenvalue weighted by molar-refractivity contribution is -0.148. The van der Waals surface area contributed by atoms with E-state index in [-0.39, 0.29) is 49.2 Å². The van der Waals surface area contributed by atoms with Crippen molar-refractivity contribution in [3.05, 3.63) is 66.2 Å². The highest BCUT2D eigenvalue weighted by molar-refractivity contribution is 5.94. The Kier molecular flexibility index (Phi) is 21.7. The number of likely N-dealkylation sites (tertiary alicyclic amines) is 2. The molecule has 3 fully saturated rings. The van der Waals surface area contributed by atoms with E-state index < -0.39 is 30.1 Å². The van der Waals surface area contributed by atoms with Crippen LogP contribution in [0.25, 0.3) is 0 Å². The van der Waals surface area contributed by atoms with Crippen LogP contribution >= 0.6 is 0 Å². The third-order valence-corrected chi connectivity index (χ3v) is 10.7. The number of benzene rings is 2. The first-order chi connectivity index (χ1) is 29.2. The predicted octanol–water partition coefficient (Wildman–Crippen LogP) is 2.53. The molecule has 0 bridgehead atoms. The topological polar surface area (TPSA) is 213 Å². The molecule has 5 unspecified atom stereocenters. The maximum Gasteiger partial charge on any atom is 0.319 e. The number of primary amides is 1. The van der Waals surface area contributed by atoms with Crippen LogP contribution in [0.4, 0.5) is 10.5 Å². The Morgan fingerprint density at radius 2 is 1.62 bits per heavy atom. The number of nitrogens with two attached hydrogens (primary N) is 1. The fourth-order valence-electron chi connectivity index (χ4n) is 7.51. The van der Waals surface area contributed by atoms with Gasteiger partial charge < -0.3 is 45.9 Å². The lowest BCUT2D eigenvalue weighted by Crippen LogP contribution is -2.57. The molecule has 7 amide bonds. The van der Waals surface area contributed by atoms with E-state index in [0.717, 1.165) is 26.1 Å². The number of urea groups is 1. The summed E-state index contributed by atoms with van der Waals surface area (Å²) in [6, 6.07) is 16.7. The van der Waals surface area contributed by atoms with Crippen molar-refractivity contribution in [2.24, 2.45) is 11.7 Å². The summed E-state index contributed by atoms with van der Waals surface area (Å²) in [5.41, 5.74) is 6.84. The van der Waals surface area contributed by atoms with Gasteiger partial charge in [0.15, 0.2) is 0 Å². The molecule has 2 aromatic carbocycles. The number of morpholine rings is 1. The predicted molar refractivity (Wildman–Crippen MR) is 231 cm³/mol. The first-order valence-corrected chi connectivity index (χ1v) is 21.1. The van der Waals surface area contributed by atoms with Crippen LogP contribution < -0.4 is 21.7 Å². The Morgan fingerprint density at radius 1 is 0.967 bits per heavy atom. The van der Waals surface area contributed by atoms with Gasteiger partial charge in [0, 0.05) is 45.0 Å². The largest absolute Gasteiger partial charge is 0.467 e. The van der Waals surface area contributed by atoms with Gasteiger partial charge in [-0.25, -0.2) is 4.79 Å². The van der Waals surface area contributed by atoms with Gasteiger partial charge in [0.05, 0.1) is 32.8 Å². The van der Waals surface area contributed by atoms with Crippen molar-refractivity contribution >= 4 is 47.7 Å². The number of ether oxygens (including phenoxy) is 2. The van der Waals surface area contributed by atoms with E-state index in [0.29, 0.717) is 70.1 Å². The molecule has 5 N–H and O–H groups in total. The molecule has 0 aliphatic carbocycles. The van der Waals surface area contributed by atoms with Gasteiger partial charge in [-0.2, -0.15) is 0 Å². The fraction of sp³-hybridized carbons (Fsp3) is 0.568. The molecule has 5 rings (SSSR count). The first-order valence-electron chi connectivity index (χ1n) is 21.1. The van der Waals surface area contributed by atoms with Crippen molar-refractivity contribution in [3.8, 4) is 0 Å². The molecule has 17 heteroatoms. The molecule has 0 spiro atoms. The summed E-state index contributed by atoms with van der Waals surface area (Å²) in [5.74, 6) is -1.19. The number of aryl methyl sites for hydroxylation is 1. The van der Waals surface area contributed by atoms with Crippen LogP contribution in [0.15, 0.2) is 60.7 Å². The van der Waals surface area contributed by atoms with Gasteiger partial charge in [0.1, 0.15) is 18.1 Å². The highest BCUT2D eigenvalue weighted by atomic mass is 16.5. The van der Waals surface area contributed by atoms with Crippen LogP contribution in [0.2, 0.25) is 0 Å². The number of amides is 7. The van der Waals surface area contributed by atoms with Gasteiger partial charge in [-0.3, -0.25) is 33.7 Å². The Balaban J connectivity index is 0.000000382. The van der Waals surface area contributed by atoms with E-state index in [9.17, 15) is 33.6 Å². The molecule has 3 aliphatic heterocycles. The monoisotopic (exact) mass is 850 g/mol. The van der Waals surface area contributed by atoms with Crippen molar-refractivity contribution in [3.63, 3.8) is 0 Å². The molecule has 3 saturated heterocycles. The highest BCUT2D eigenvalue weighted by Gasteiger charge is 2.40. The molecule has 17 nitrogen and oxygen atoms in total. The normalized spacial score (nSPS) is 19.4. The zero-order valence-corrected chi connectivity index (χ0v) is 36.4. The van der Waals surface area contributed by atoms with Crippen molar-refractivity contribution in [1.82, 2.24) is 30.2 Å². The number of nitrogens with one attached hydrogen (secondary N) is 3. The van der Waals surface area contributed by atoms with E-state index in [1.54, 1.807) is 38.2 Å². The molecule has 3 heterocycles. The lowest BCUT2D eigenvalue weighted by atomic mass is 10.1. The van der Waals surface area contributed by atoms with Crippen LogP contribution in [-0.2, 0) is 38.2 Å². The quantitative estimate of drug-likeness (QED) is 0.143. The summed E-state index contributed by atoms with van der Waals surface area (Å²) in [4.78, 5) is 92.1. The molecule has 5 atom stereocenters. The second-order valence-electron chi connectivity index (χ2n) is 15.7. The molecule has 336 valence electrons. The average molecular weight is 851 g/mol. The smallest absolute Gasteiger partial charge is 0.319 e. The molecule has 61 heavy (non-hydrogen) atoms. The SMILES string of the molecule is CC1CC(C)N(C(=O)C(C)NC(=O)C(CCCN2CCOCC2)N(C)C(=O)C2CCCN2C(=O)CCOC=O)C1.Cc1ccccc1.NC(=O)CNC(=O)Nc1ccccc1. The molecule has 3 aliphatic rings. The summed E-state index contributed by atoms with van der Waals surface area (Å²) in [7, 11) is 1.61. The summed E-state index contributed by atoms with van der Waals surface area (Å²) < 4.78 is 10.1. The Morgan fingerprint density at radius 3 is 2.20 bits per heavy atom. The van der Waals surface area contributed by atoms with E-state index in [1.165, 1.54) is 15.4 Å². The third-order valence-electron chi connectivity index (χ3n) is 10.7. The minimum Gasteiger partial charge on any atom is -0.467 e. The van der Waals surface area contributed by atoms with Crippen LogP contribution in [0.3, 0.4) is 0 Å². The Labute approximate surface area is 360 Å². The van der Waals surface area contributed by atoms with Crippen molar-refractivity contribution in [2.75, 3.05) is 71.5 Å². The van der Waals surface area contributed by atoms with E-state index in [4.69, 9.17) is 10.5 Å². The first kappa shape index (κ1) is 49.8. The molecular formula is C44H66N8O9. The van der Waals surface area contributed by atoms with Gasteiger partial charge in [-0.15, -0.1) is 0 Å². The highest BCUT2D eigenvalue weighted by Crippen LogP contribution is 2.24.